The number of hydrogen-bond donors (Lipinski definition) is 0. The molecule has 24 heavy (non-hydrogen) atoms. The predicted molar refractivity (Wildman–Crippen MR) is 109 cm³/mol. The fourth-order valence-corrected chi connectivity index (χ4v) is 3.10. The van der Waals surface area contributed by atoms with Gasteiger partial charge in [-0.1, -0.05) is 76.7 Å². The topological polar surface area (TPSA) is 12.4 Å². The standard InChI is InChI=1S/C23H37N/c1-4-6-7-8-9-10-14-17-23(24-3)20-22-16-13-11-12-15-21(5-2)18-19-22/h11-13,15,19,22H,4-10,14,16-17,20H2,1-3H3. The maximum absolute atomic E-state index is 4.57. The van der Waals surface area contributed by atoms with E-state index in [-0.39, 0.29) is 0 Å². The van der Waals surface area contributed by atoms with Crippen molar-refractivity contribution in [1.82, 2.24) is 0 Å². The predicted octanol–water partition coefficient (Wildman–Crippen LogP) is 7.21. The molecule has 1 heteroatoms. The van der Waals surface area contributed by atoms with Gasteiger partial charge in [-0.25, -0.2) is 0 Å². The molecule has 1 aliphatic rings. The van der Waals surface area contributed by atoms with E-state index in [1.54, 1.807) is 0 Å². The molecule has 0 heterocycles. The summed E-state index contributed by atoms with van der Waals surface area (Å²) in [4.78, 5) is 4.57. The average Bonchev–Trinajstić information content (AvgIpc) is 2.72. The third-order valence-corrected chi connectivity index (χ3v) is 4.75. The molecular formula is C23H37N. The molecule has 1 atom stereocenters. The first-order valence-corrected chi connectivity index (χ1v) is 10.0. The highest BCUT2D eigenvalue weighted by molar-refractivity contribution is 5.84. The summed E-state index contributed by atoms with van der Waals surface area (Å²) in [7, 11) is 1.96. The Kier molecular flexibility index (Phi) is 12.1. The van der Waals surface area contributed by atoms with Crippen LogP contribution in [0.2, 0.25) is 0 Å². The van der Waals surface area contributed by atoms with Crippen LogP contribution in [0.15, 0.2) is 46.7 Å². The minimum absolute atomic E-state index is 0.533. The first-order valence-electron chi connectivity index (χ1n) is 10.0. The first kappa shape index (κ1) is 20.7. The molecule has 0 aromatic rings. The largest absolute Gasteiger partial charge is 0.297 e. The molecular weight excluding hydrogens is 290 g/mol. The molecule has 0 fully saturated rings. The van der Waals surface area contributed by atoms with E-state index in [1.165, 1.54) is 62.7 Å². The lowest BCUT2D eigenvalue weighted by atomic mass is 9.95. The SMILES string of the molecule is CCCCCCCCCC(CC1C=C=C(CC)C=CC=CC1)=NC. The van der Waals surface area contributed by atoms with E-state index in [1.807, 2.05) is 7.05 Å². The van der Waals surface area contributed by atoms with Crippen molar-refractivity contribution in [3.05, 3.63) is 41.7 Å². The molecule has 0 saturated heterocycles. The van der Waals surface area contributed by atoms with Gasteiger partial charge in [-0.15, -0.1) is 5.73 Å². The number of nitrogens with zero attached hydrogens (tertiary/aromatic N) is 1. The summed E-state index contributed by atoms with van der Waals surface area (Å²) in [5.41, 5.74) is 6.16. The Labute approximate surface area is 150 Å². The van der Waals surface area contributed by atoms with E-state index in [4.69, 9.17) is 0 Å². The fourth-order valence-electron chi connectivity index (χ4n) is 3.10. The van der Waals surface area contributed by atoms with Crippen LogP contribution >= 0.6 is 0 Å². The molecule has 0 aromatic carbocycles. The third kappa shape index (κ3) is 9.73. The summed E-state index contributed by atoms with van der Waals surface area (Å²) >= 11 is 0. The van der Waals surface area contributed by atoms with Crippen molar-refractivity contribution >= 4 is 5.71 Å². The van der Waals surface area contributed by atoms with Gasteiger partial charge in [-0.2, -0.15) is 0 Å². The van der Waals surface area contributed by atoms with E-state index in [2.05, 4.69) is 55.0 Å². The van der Waals surface area contributed by atoms with Gasteiger partial charge in [0.2, 0.25) is 0 Å². The summed E-state index contributed by atoms with van der Waals surface area (Å²) < 4.78 is 0. The molecule has 0 aromatic heterocycles. The van der Waals surface area contributed by atoms with E-state index >= 15 is 0 Å². The molecule has 1 rings (SSSR count). The summed E-state index contributed by atoms with van der Waals surface area (Å²) in [5, 5.41) is 0. The van der Waals surface area contributed by atoms with Crippen LogP contribution in [0, 0.1) is 5.92 Å². The van der Waals surface area contributed by atoms with Crippen molar-refractivity contribution in [2.45, 2.75) is 84.5 Å². The molecule has 0 bridgehead atoms. The van der Waals surface area contributed by atoms with Crippen molar-refractivity contribution in [2.75, 3.05) is 7.05 Å². The number of unbranched alkanes of at least 4 members (excludes halogenated alkanes) is 6. The van der Waals surface area contributed by atoms with E-state index in [0.29, 0.717) is 5.92 Å². The Balaban J connectivity index is 2.39. The quantitative estimate of drug-likeness (QED) is 0.216. The van der Waals surface area contributed by atoms with Gasteiger partial charge >= 0.3 is 0 Å². The summed E-state index contributed by atoms with van der Waals surface area (Å²) in [5.74, 6) is 0.533. The lowest BCUT2D eigenvalue weighted by Crippen LogP contribution is -2.06. The van der Waals surface area contributed by atoms with Gasteiger partial charge in [0, 0.05) is 12.8 Å². The molecule has 134 valence electrons. The Morgan fingerprint density at radius 1 is 1.08 bits per heavy atom. The van der Waals surface area contributed by atoms with Gasteiger partial charge in [-0.05, 0) is 49.7 Å². The lowest BCUT2D eigenvalue weighted by molar-refractivity contribution is 0.591. The highest BCUT2D eigenvalue weighted by Crippen LogP contribution is 2.18. The molecule has 0 aliphatic heterocycles. The first-order chi connectivity index (χ1) is 11.8. The zero-order valence-electron chi connectivity index (χ0n) is 16.2. The molecule has 1 unspecified atom stereocenters. The fraction of sp³-hybridized carbons (Fsp3) is 0.652. The number of rotatable bonds is 11. The second-order valence-electron chi connectivity index (χ2n) is 6.84. The monoisotopic (exact) mass is 327 g/mol. The average molecular weight is 328 g/mol. The van der Waals surface area contributed by atoms with Crippen molar-refractivity contribution in [3.63, 3.8) is 0 Å². The molecule has 1 aliphatic carbocycles. The van der Waals surface area contributed by atoms with Gasteiger partial charge in [0.05, 0.1) is 0 Å². The smallest absolute Gasteiger partial charge is 0.0276 e. The summed E-state index contributed by atoms with van der Waals surface area (Å²) in [6.45, 7) is 4.47. The van der Waals surface area contributed by atoms with Crippen LogP contribution in [-0.4, -0.2) is 12.8 Å². The third-order valence-electron chi connectivity index (χ3n) is 4.75. The van der Waals surface area contributed by atoms with E-state index in [0.717, 1.165) is 19.3 Å². The van der Waals surface area contributed by atoms with Crippen LogP contribution in [0.5, 0.6) is 0 Å². The Morgan fingerprint density at radius 3 is 2.54 bits per heavy atom. The van der Waals surface area contributed by atoms with Crippen LogP contribution in [0.25, 0.3) is 0 Å². The van der Waals surface area contributed by atoms with Crippen molar-refractivity contribution < 1.29 is 0 Å². The van der Waals surface area contributed by atoms with Crippen LogP contribution < -0.4 is 0 Å². The Morgan fingerprint density at radius 2 is 1.83 bits per heavy atom. The van der Waals surface area contributed by atoms with Gasteiger partial charge in [0.25, 0.3) is 0 Å². The highest BCUT2D eigenvalue weighted by atomic mass is 14.7. The highest BCUT2D eigenvalue weighted by Gasteiger charge is 2.08. The minimum Gasteiger partial charge on any atom is -0.297 e. The lowest BCUT2D eigenvalue weighted by Gasteiger charge is -2.12. The van der Waals surface area contributed by atoms with Crippen molar-refractivity contribution in [1.29, 1.82) is 0 Å². The normalized spacial score (nSPS) is 18.2. The zero-order chi connectivity index (χ0) is 17.5. The van der Waals surface area contributed by atoms with Crippen molar-refractivity contribution in [3.8, 4) is 0 Å². The molecule has 0 spiro atoms. The second-order valence-corrected chi connectivity index (χ2v) is 6.84. The Hall–Kier alpha value is -1.33. The van der Waals surface area contributed by atoms with E-state index in [9.17, 15) is 0 Å². The maximum Gasteiger partial charge on any atom is 0.0276 e. The van der Waals surface area contributed by atoms with Gasteiger partial charge < -0.3 is 0 Å². The Bertz CT molecular complexity index is 472. The maximum atomic E-state index is 4.57. The summed E-state index contributed by atoms with van der Waals surface area (Å²) in [6.07, 6.45) is 25.0. The molecule has 0 saturated carbocycles. The van der Waals surface area contributed by atoms with Gasteiger partial charge in [0.15, 0.2) is 0 Å². The number of aliphatic imine (C=N–C) groups is 1. The zero-order valence-corrected chi connectivity index (χ0v) is 16.2. The number of allylic oxidation sites excluding steroid dienone is 5. The van der Waals surface area contributed by atoms with Crippen LogP contribution in [-0.2, 0) is 0 Å². The number of hydrogen-bond acceptors (Lipinski definition) is 1. The molecule has 0 radical (unpaired) electrons. The molecule has 0 N–H and O–H groups in total. The van der Waals surface area contributed by atoms with Crippen molar-refractivity contribution in [2.24, 2.45) is 10.9 Å². The van der Waals surface area contributed by atoms with E-state index < -0.39 is 0 Å². The van der Waals surface area contributed by atoms with Crippen LogP contribution in [0.4, 0.5) is 0 Å². The van der Waals surface area contributed by atoms with Crippen LogP contribution in [0.1, 0.15) is 84.5 Å². The van der Waals surface area contributed by atoms with Gasteiger partial charge in [-0.3, -0.25) is 4.99 Å². The summed E-state index contributed by atoms with van der Waals surface area (Å²) in [6, 6.07) is 0. The molecule has 1 nitrogen and oxygen atoms in total. The molecule has 0 amide bonds. The van der Waals surface area contributed by atoms with Crippen LogP contribution in [0.3, 0.4) is 0 Å². The second kappa shape index (κ2) is 14.1. The van der Waals surface area contributed by atoms with Gasteiger partial charge in [0.1, 0.15) is 0 Å². The minimum atomic E-state index is 0.533.